The van der Waals surface area contributed by atoms with Crippen molar-refractivity contribution in [3.05, 3.63) is 42.0 Å². The molecule has 0 aliphatic rings. The number of carbonyl (C=O) groups is 2. The van der Waals surface area contributed by atoms with Gasteiger partial charge in [-0.25, -0.2) is 4.79 Å². The number of carbonyl (C=O) groups excluding carboxylic acids is 1. The molecule has 0 saturated heterocycles. The third-order valence-electron chi connectivity index (χ3n) is 3.59. The second kappa shape index (κ2) is 5.83. The SMILES string of the molecule is CCC(C(=O)O)N(C)C(=O)c1ccc2ccccc2c1O. The molecule has 0 aromatic heterocycles. The number of benzene rings is 2. The number of fused-ring (bicyclic) bond motifs is 1. The molecule has 2 rings (SSSR count). The number of phenols is 1. The van der Waals surface area contributed by atoms with Gasteiger partial charge in [0.2, 0.25) is 0 Å². The number of rotatable bonds is 4. The number of aliphatic carboxylic acids is 1. The Morgan fingerprint density at radius 1 is 1.19 bits per heavy atom. The van der Waals surface area contributed by atoms with Gasteiger partial charge in [-0.15, -0.1) is 0 Å². The summed E-state index contributed by atoms with van der Waals surface area (Å²) < 4.78 is 0. The van der Waals surface area contributed by atoms with Crippen molar-refractivity contribution in [1.29, 1.82) is 0 Å². The van der Waals surface area contributed by atoms with Gasteiger partial charge in [-0.1, -0.05) is 37.3 Å². The summed E-state index contributed by atoms with van der Waals surface area (Å²) in [6, 6.07) is 9.50. The highest BCUT2D eigenvalue weighted by atomic mass is 16.4. The summed E-state index contributed by atoms with van der Waals surface area (Å²) in [5.74, 6) is -1.69. The molecular weight excluding hydrogens is 270 g/mol. The maximum atomic E-state index is 12.4. The zero-order valence-corrected chi connectivity index (χ0v) is 11.9. The standard InChI is InChI=1S/C16H17NO4/c1-3-13(16(20)21)17(2)15(19)12-9-8-10-6-4-5-7-11(10)14(12)18/h4-9,13,18H,3H2,1-2H3,(H,20,21). The molecule has 0 heterocycles. The highest BCUT2D eigenvalue weighted by Crippen LogP contribution is 2.29. The van der Waals surface area contributed by atoms with E-state index in [4.69, 9.17) is 5.11 Å². The first-order valence-electron chi connectivity index (χ1n) is 6.68. The van der Waals surface area contributed by atoms with E-state index in [1.54, 1.807) is 25.1 Å². The normalized spacial score (nSPS) is 12.1. The van der Waals surface area contributed by atoms with Crippen molar-refractivity contribution in [2.75, 3.05) is 7.05 Å². The second-order valence-electron chi connectivity index (χ2n) is 4.86. The van der Waals surface area contributed by atoms with Crippen LogP contribution in [0.4, 0.5) is 0 Å². The van der Waals surface area contributed by atoms with Crippen LogP contribution in [0.1, 0.15) is 23.7 Å². The third-order valence-corrected chi connectivity index (χ3v) is 3.59. The van der Waals surface area contributed by atoms with E-state index < -0.39 is 17.9 Å². The summed E-state index contributed by atoms with van der Waals surface area (Å²) in [6.45, 7) is 1.70. The fraction of sp³-hybridized carbons (Fsp3) is 0.250. The lowest BCUT2D eigenvalue weighted by Crippen LogP contribution is -2.41. The topological polar surface area (TPSA) is 77.8 Å². The van der Waals surface area contributed by atoms with Gasteiger partial charge in [-0.3, -0.25) is 4.79 Å². The maximum Gasteiger partial charge on any atom is 0.326 e. The lowest BCUT2D eigenvalue weighted by Gasteiger charge is -2.24. The van der Waals surface area contributed by atoms with Crippen LogP contribution >= 0.6 is 0 Å². The Bertz CT molecular complexity index is 696. The fourth-order valence-corrected chi connectivity index (χ4v) is 2.37. The molecule has 2 aromatic rings. The predicted molar refractivity (Wildman–Crippen MR) is 79.4 cm³/mol. The third kappa shape index (κ3) is 2.67. The van der Waals surface area contributed by atoms with E-state index >= 15 is 0 Å². The minimum Gasteiger partial charge on any atom is -0.506 e. The number of likely N-dealkylation sites (N-methyl/N-ethyl adjacent to an activating group) is 1. The van der Waals surface area contributed by atoms with Gasteiger partial charge in [-0.05, 0) is 17.9 Å². The molecule has 5 nitrogen and oxygen atoms in total. The van der Waals surface area contributed by atoms with E-state index in [1.807, 2.05) is 12.1 Å². The van der Waals surface area contributed by atoms with E-state index in [0.29, 0.717) is 11.8 Å². The van der Waals surface area contributed by atoms with Gasteiger partial charge in [0, 0.05) is 12.4 Å². The van der Waals surface area contributed by atoms with Gasteiger partial charge in [0.05, 0.1) is 5.56 Å². The summed E-state index contributed by atoms with van der Waals surface area (Å²) >= 11 is 0. The number of carboxylic acids is 1. The average Bonchev–Trinajstić information content (AvgIpc) is 2.47. The first-order valence-corrected chi connectivity index (χ1v) is 6.68. The van der Waals surface area contributed by atoms with Crippen molar-refractivity contribution in [3.63, 3.8) is 0 Å². The Balaban J connectivity index is 2.44. The Morgan fingerprint density at radius 2 is 1.86 bits per heavy atom. The molecular formula is C16H17NO4. The minimum absolute atomic E-state index is 0.107. The van der Waals surface area contributed by atoms with Gasteiger partial charge >= 0.3 is 5.97 Å². The summed E-state index contributed by atoms with van der Waals surface area (Å²) in [6.07, 6.45) is 0.298. The van der Waals surface area contributed by atoms with Crippen LogP contribution in [0.15, 0.2) is 36.4 Å². The summed E-state index contributed by atoms with van der Waals surface area (Å²) in [4.78, 5) is 24.7. The molecule has 0 aliphatic carbocycles. The summed E-state index contributed by atoms with van der Waals surface area (Å²) in [5, 5.41) is 20.8. The molecule has 1 amide bonds. The molecule has 0 saturated carbocycles. The van der Waals surface area contributed by atoms with Gasteiger partial charge < -0.3 is 15.1 Å². The summed E-state index contributed by atoms with van der Waals surface area (Å²) in [5.41, 5.74) is 0.107. The molecule has 1 unspecified atom stereocenters. The number of hydrogen-bond donors (Lipinski definition) is 2. The second-order valence-corrected chi connectivity index (χ2v) is 4.86. The summed E-state index contributed by atoms with van der Waals surface area (Å²) in [7, 11) is 1.43. The average molecular weight is 287 g/mol. The molecule has 2 aromatic carbocycles. The molecule has 2 N–H and O–H groups in total. The van der Waals surface area contributed by atoms with E-state index in [0.717, 1.165) is 10.3 Å². The van der Waals surface area contributed by atoms with Crippen LogP contribution < -0.4 is 0 Å². The number of phenolic OH excluding ortho intramolecular Hbond substituents is 1. The molecule has 0 spiro atoms. The molecule has 1 atom stereocenters. The van der Waals surface area contributed by atoms with Gasteiger partial charge in [0.15, 0.2) is 0 Å². The number of carboxylic acid groups (broad SMARTS) is 1. The number of hydrogen-bond acceptors (Lipinski definition) is 3. The highest BCUT2D eigenvalue weighted by Gasteiger charge is 2.27. The molecule has 5 heteroatoms. The first kappa shape index (κ1) is 14.8. The van der Waals surface area contributed by atoms with Crippen LogP contribution in [0.5, 0.6) is 5.75 Å². The van der Waals surface area contributed by atoms with Crippen LogP contribution in [0.25, 0.3) is 10.8 Å². The largest absolute Gasteiger partial charge is 0.506 e. The monoisotopic (exact) mass is 287 g/mol. The number of aromatic hydroxyl groups is 1. The van der Waals surface area contributed by atoms with Crippen molar-refractivity contribution < 1.29 is 19.8 Å². The zero-order chi connectivity index (χ0) is 15.6. The highest BCUT2D eigenvalue weighted by molar-refractivity contribution is 6.04. The molecule has 0 radical (unpaired) electrons. The van der Waals surface area contributed by atoms with Crippen molar-refractivity contribution >= 4 is 22.6 Å². The molecule has 110 valence electrons. The molecule has 0 bridgehead atoms. The molecule has 0 fully saturated rings. The lowest BCUT2D eigenvalue weighted by atomic mass is 10.0. The quantitative estimate of drug-likeness (QED) is 0.905. The van der Waals surface area contributed by atoms with Crippen LogP contribution in [-0.2, 0) is 4.79 Å². The minimum atomic E-state index is -1.06. The Labute approximate surface area is 122 Å². The van der Waals surface area contributed by atoms with Crippen molar-refractivity contribution in [2.45, 2.75) is 19.4 Å². The van der Waals surface area contributed by atoms with E-state index in [9.17, 15) is 14.7 Å². The molecule has 21 heavy (non-hydrogen) atoms. The van der Waals surface area contributed by atoms with Gasteiger partial charge in [-0.2, -0.15) is 0 Å². The maximum absolute atomic E-state index is 12.4. The van der Waals surface area contributed by atoms with E-state index in [1.165, 1.54) is 13.1 Å². The van der Waals surface area contributed by atoms with Crippen LogP contribution in [0.2, 0.25) is 0 Å². The zero-order valence-electron chi connectivity index (χ0n) is 11.9. The number of nitrogens with zero attached hydrogens (tertiary/aromatic N) is 1. The van der Waals surface area contributed by atoms with Crippen LogP contribution in [-0.4, -0.2) is 40.1 Å². The van der Waals surface area contributed by atoms with Crippen LogP contribution in [0, 0.1) is 0 Å². The lowest BCUT2D eigenvalue weighted by molar-refractivity contribution is -0.142. The van der Waals surface area contributed by atoms with Gasteiger partial charge in [0.25, 0.3) is 5.91 Å². The van der Waals surface area contributed by atoms with E-state index in [-0.39, 0.29) is 11.3 Å². The smallest absolute Gasteiger partial charge is 0.326 e. The Morgan fingerprint density at radius 3 is 2.48 bits per heavy atom. The van der Waals surface area contributed by atoms with Gasteiger partial charge in [0.1, 0.15) is 11.8 Å². The fourth-order valence-electron chi connectivity index (χ4n) is 2.37. The van der Waals surface area contributed by atoms with Crippen molar-refractivity contribution in [1.82, 2.24) is 4.90 Å². The Hall–Kier alpha value is -2.56. The van der Waals surface area contributed by atoms with Crippen molar-refractivity contribution in [3.8, 4) is 5.75 Å². The predicted octanol–water partition coefficient (Wildman–Crippen LogP) is 2.48. The van der Waals surface area contributed by atoms with Crippen LogP contribution in [0.3, 0.4) is 0 Å². The molecule has 0 aliphatic heterocycles. The first-order chi connectivity index (χ1) is 9.97. The van der Waals surface area contributed by atoms with Crippen molar-refractivity contribution in [2.24, 2.45) is 0 Å². The number of amides is 1. The Kier molecular flexibility index (Phi) is 4.12. The van der Waals surface area contributed by atoms with E-state index in [2.05, 4.69) is 0 Å².